The van der Waals surface area contributed by atoms with Crippen molar-refractivity contribution in [3.05, 3.63) is 0 Å². The van der Waals surface area contributed by atoms with Crippen LogP contribution in [-0.2, 0) is 19.0 Å². The lowest BCUT2D eigenvalue weighted by atomic mass is 9.85. The van der Waals surface area contributed by atoms with E-state index in [2.05, 4.69) is 0 Å². The molecule has 2 saturated heterocycles. The van der Waals surface area contributed by atoms with E-state index in [-0.39, 0.29) is 17.6 Å². The predicted molar refractivity (Wildman–Crippen MR) is 56.0 cm³/mol. The first kappa shape index (κ1) is 11.4. The Morgan fingerprint density at radius 3 is 2.73 bits per heavy atom. The topological polar surface area (TPSA) is 52.6 Å². The number of rotatable bonds is 1. The molecule has 0 N–H and O–H groups in total. The summed E-state index contributed by atoms with van der Waals surface area (Å²) in [7, 11) is -3.39. The van der Waals surface area contributed by atoms with Crippen LogP contribution in [0.2, 0.25) is 0 Å². The zero-order valence-electron chi connectivity index (χ0n) is 9.39. The van der Waals surface area contributed by atoms with Gasteiger partial charge in [-0.1, -0.05) is 13.8 Å². The van der Waals surface area contributed by atoms with Crippen molar-refractivity contribution in [2.45, 2.75) is 50.6 Å². The van der Waals surface area contributed by atoms with Crippen LogP contribution in [0.4, 0.5) is 0 Å². The quantitative estimate of drug-likeness (QED) is 0.642. The summed E-state index contributed by atoms with van der Waals surface area (Å²) in [4.78, 5) is 0. The molecule has 15 heavy (non-hydrogen) atoms. The minimum Gasteiger partial charge on any atom is -0.372 e. The Morgan fingerprint density at radius 2 is 2.13 bits per heavy atom. The first-order valence-corrected chi connectivity index (χ1v) is 6.92. The van der Waals surface area contributed by atoms with Crippen molar-refractivity contribution in [1.82, 2.24) is 0 Å². The van der Waals surface area contributed by atoms with Crippen LogP contribution in [0.3, 0.4) is 0 Å². The van der Waals surface area contributed by atoms with Crippen LogP contribution >= 0.6 is 0 Å². The first-order valence-electron chi connectivity index (χ1n) is 5.45. The van der Waals surface area contributed by atoms with Gasteiger partial charge in [-0.05, 0) is 19.8 Å². The Morgan fingerprint density at radius 1 is 1.47 bits per heavy atom. The molecule has 0 radical (unpaired) electrons. The van der Waals surface area contributed by atoms with Gasteiger partial charge in [0.1, 0.15) is 6.10 Å². The van der Waals surface area contributed by atoms with E-state index in [0.717, 1.165) is 0 Å². The van der Waals surface area contributed by atoms with Gasteiger partial charge in [0.25, 0.3) is 10.1 Å². The van der Waals surface area contributed by atoms with Gasteiger partial charge in [0.2, 0.25) is 0 Å². The van der Waals surface area contributed by atoms with E-state index in [0.29, 0.717) is 19.4 Å². The summed E-state index contributed by atoms with van der Waals surface area (Å²) in [5, 5.41) is -0.421. The molecule has 4 nitrogen and oxygen atoms in total. The Hall–Kier alpha value is -0.130. The van der Waals surface area contributed by atoms with Gasteiger partial charge in [0.15, 0.2) is 0 Å². The van der Waals surface area contributed by atoms with Crippen molar-refractivity contribution in [3.63, 3.8) is 0 Å². The lowest BCUT2D eigenvalue weighted by molar-refractivity contribution is -0.0104. The molecule has 5 heteroatoms. The maximum absolute atomic E-state index is 11.8. The van der Waals surface area contributed by atoms with Crippen molar-refractivity contribution in [2.75, 3.05) is 6.61 Å². The summed E-state index contributed by atoms with van der Waals surface area (Å²) in [6.07, 6.45) is 0.834. The standard InChI is InChI=1S/C10H18O4S/c1-4-8-5-10(3)7(2)9(6-13-10)14-15(8,11)12/h7-9H,4-6H2,1-3H3. The molecule has 2 heterocycles. The van der Waals surface area contributed by atoms with Gasteiger partial charge in [-0.15, -0.1) is 0 Å². The Bertz CT molecular complexity index is 350. The van der Waals surface area contributed by atoms with E-state index in [1.165, 1.54) is 0 Å². The molecule has 88 valence electrons. The minimum absolute atomic E-state index is 0.142. The fourth-order valence-electron chi connectivity index (χ4n) is 2.45. The Balaban J connectivity index is 2.36. The summed E-state index contributed by atoms with van der Waals surface area (Å²) in [6, 6.07) is 0. The molecule has 0 aromatic rings. The van der Waals surface area contributed by atoms with Gasteiger partial charge in [0, 0.05) is 5.92 Å². The predicted octanol–water partition coefficient (Wildman–Crippen LogP) is 1.31. The Labute approximate surface area is 91.1 Å². The van der Waals surface area contributed by atoms with E-state index in [4.69, 9.17) is 8.92 Å². The third-order valence-electron chi connectivity index (χ3n) is 3.85. The molecule has 2 bridgehead atoms. The molecule has 0 aromatic carbocycles. The normalized spacial score (nSPS) is 48.9. The van der Waals surface area contributed by atoms with E-state index in [9.17, 15) is 8.42 Å². The van der Waals surface area contributed by atoms with E-state index >= 15 is 0 Å². The third-order valence-corrected chi connectivity index (χ3v) is 5.68. The van der Waals surface area contributed by atoms with Crippen LogP contribution in [0.25, 0.3) is 0 Å². The summed E-state index contributed by atoms with van der Waals surface area (Å²) < 4.78 is 34.6. The largest absolute Gasteiger partial charge is 0.372 e. The van der Waals surface area contributed by atoms with E-state index in [1.807, 2.05) is 20.8 Å². The van der Waals surface area contributed by atoms with Crippen molar-refractivity contribution < 1.29 is 17.3 Å². The molecule has 2 aliphatic rings. The molecular formula is C10H18O4S. The highest BCUT2D eigenvalue weighted by Crippen LogP contribution is 2.42. The lowest BCUT2D eigenvalue weighted by Gasteiger charge is -2.29. The fourth-order valence-corrected chi connectivity index (χ4v) is 4.12. The molecule has 0 spiro atoms. The monoisotopic (exact) mass is 234 g/mol. The van der Waals surface area contributed by atoms with Crippen LogP contribution in [0.15, 0.2) is 0 Å². The average Bonchev–Trinajstić information content (AvgIpc) is 2.38. The van der Waals surface area contributed by atoms with Gasteiger partial charge >= 0.3 is 0 Å². The highest BCUT2D eigenvalue weighted by molar-refractivity contribution is 7.87. The minimum atomic E-state index is -3.39. The highest BCUT2D eigenvalue weighted by atomic mass is 32.2. The Kier molecular flexibility index (Phi) is 2.60. The van der Waals surface area contributed by atoms with E-state index < -0.39 is 15.4 Å². The number of ether oxygens (including phenoxy) is 1. The second-order valence-corrected chi connectivity index (χ2v) is 6.62. The maximum atomic E-state index is 11.8. The first-order chi connectivity index (χ1) is 6.89. The zero-order chi connectivity index (χ0) is 11.3. The number of hydrogen-bond donors (Lipinski definition) is 0. The molecule has 0 saturated carbocycles. The summed E-state index contributed by atoms with van der Waals surface area (Å²) in [5.74, 6) is 0.142. The van der Waals surface area contributed by atoms with Crippen molar-refractivity contribution in [3.8, 4) is 0 Å². The van der Waals surface area contributed by atoms with Gasteiger partial charge in [-0.2, -0.15) is 8.42 Å². The molecule has 2 rings (SSSR count). The molecule has 4 atom stereocenters. The number of fused-ring (bicyclic) bond motifs is 2. The van der Waals surface area contributed by atoms with E-state index in [1.54, 1.807) is 0 Å². The van der Waals surface area contributed by atoms with Gasteiger partial charge < -0.3 is 4.74 Å². The molecule has 4 unspecified atom stereocenters. The summed E-state index contributed by atoms with van der Waals surface area (Å²) in [5.41, 5.74) is -0.338. The van der Waals surface area contributed by atoms with Crippen molar-refractivity contribution in [1.29, 1.82) is 0 Å². The van der Waals surface area contributed by atoms with Crippen LogP contribution in [-0.4, -0.2) is 32.0 Å². The average molecular weight is 234 g/mol. The molecule has 0 aromatic heterocycles. The highest BCUT2D eigenvalue weighted by Gasteiger charge is 2.52. The van der Waals surface area contributed by atoms with Crippen LogP contribution in [0.1, 0.15) is 33.6 Å². The zero-order valence-corrected chi connectivity index (χ0v) is 10.2. The maximum Gasteiger partial charge on any atom is 0.270 e. The molecule has 2 fully saturated rings. The van der Waals surface area contributed by atoms with Crippen LogP contribution in [0.5, 0.6) is 0 Å². The van der Waals surface area contributed by atoms with Gasteiger partial charge in [-0.25, -0.2) is 0 Å². The number of hydrogen-bond acceptors (Lipinski definition) is 4. The fraction of sp³-hybridized carbons (Fsp3) is 1.00. The summed E-state index contributed by atoms with van der Waals surface area (Å²) in [6.45, 7) is 6.27. The summed E-state index contributed by atoms with van der Waals surface area (Å²) >= 11 is 0. The molecular weight excluding hydrogens is 216 g/mol. The second kappa shape index (κ2) is 3.43. The molecule has 0 aliphatic carbocycles. The molecule has 0 amide bonds. The van der Waals surface area contributed by atoms with Gasteiger partial charge in [-0.3, -0.25) is 4.18 Å². The smallest absolute Gasteiger partial charge is 0.270 e. The van der Waals surface area contributed by atoms with Crippen molar-refractivity contribution in [2.24, 2.45) is 5.92 Å². The second-order valence-electron chi connectivity index (χ2n) is 4.77. The van der Waals surface area contributed by atoms with Crippen LogP contribution in [0, 0.1) is 5.92 Å². The van der Waals surface area contributed by atoms with Gasteiger partial charge in [0.05, 0.1) is 17.5 Å². The third kappa shape index (κ3) is 1.70. The molecule has 2 aliphatic heterocycles. The lowest BCUT2D eigenvalue weighted by Crippen LogP contribution is -2.35. The van der Waals surface area contributed by atoms with Crippen LogP contribution < -0.4 is 0 Å². The SMILES string of the molecule is CCC1CC2(C)OCC(OS1(=O)=O)C2C. The van der Waals surface area contributed by atoms with Crippen molar-refractivity contribution >= 4 is 10.1 Å².